The molecule has 0 bridgehead atoms. The van der Waals surface area contributed by atoms with Crippen LogP contribution in [0.2, 0.25) is 0 Å². The van der Waals surface area contributed by atoms with Crippen LogP contribution in [0.15, 0.2) is 11.6 Å². The van der Waals surface area contributed by atoms with E-state index >= 15 is 0 Å². The number of nitrogens with one attached hydrogen (secondary N) is 1. The van der Waals surface area contributed by atoms with Gasteiger partial charge in [0, 0.05) is 48.7 Å². The first-order chi connectivity index (χ1) is 7.98. The molecule has 1 fully saturated rings. The Balaban J connectivity index is 1.97. The van der Waals surface area contributed by atoms with E-state index in [4.69, 9.17) is 0 Å². The van der Waals surface area contributed by atoms with Gasteiger partial charge in [-0.3, -0.25) is 4.90 Å². The van der Waals surface area contributed by atoms with Crippen LogP contribution in [0.25, 0.3) is 0 Å². The Morgan fingerprint density at radius 3 is 3.06 bits per heavy atom. The first-order valence-electron chi connectivity index (χ1n) is 6.36. The van der Waals surface area contributed by atoms with Crippen LogP contribution in [0, 0.1) is 0 Å². The molecule has 1 saturated heterocycles. The number of hydrogen-bond donors (Lipinski definition) is 1. The Morgan fingerprint density at radius 2 is 2.41 bits per heavy atom. The van der Waals surface area contributed by atoms with E-state index in [1.165, 1.54) is 5.01 Å². The summed E-state index contributed by atoms with van der Waals surface area (Å²) < 4.78 is 0. The van der Waals surface area contributed by atoms with Crippen molar-refractivity contribution in [2.75, 3.05) is 19.6 Å². The molecule has 0 aliphatic carbocycles. The number of piperazine rings is 1. The molecular weight excluding hydrogens is 230 g/mol. The molecule has 1 N–H and O–H groups in total. The van der Waals surface area contributed by atoms with Crippen LogP contribution in [-0.2, 0) is 0 Å². The molecule has 0 spiro atoms. The lowest BCUT2D eigenvalue weighted by Crippen LogP contribution is -2.61. The van der Waals surface area contributed by atoms with Crippen molar-refractivity contribution in [3.05, 3.63) is 16.6 Å². The van der Waals surface area contributed by atoms with E-state index < -0.39 is 0 Å². The largest absolute Gasteiger partial charge is 0.309 e. The molecule has 2 atom stereocenters. The van der Waals surface area contributed by atoms with Gasteiger partial charge in [-0.15, -0.1) is 11.3 Å². The summed E-state index contributed by atoms with van der Waals surface area (Å²) in [6, 6.07) is 0.616. The molecule has 0 amide bonds. The molecule has 0 radical (unpaired) electrons. The third-order valence-corrected chi connectivity index (χ3v) is 4.49. The third kappa shape index (κ3) is 3.27. The molecule has 2 unspecified atom stereocenters. The van der Waals surface area contributed by atoms with Crippen LogP contribution >= 0.6 is 11.3 Å². The Bertz CT molecular complexity index is 348. The van der Waals surface area contributed by atoms with E-state index in [1.807, 2.05) is 6.20 Å². The minimum absolute atomic E-state index is 0.231. The normalized spacial score (nSPS) is 26.9. The summed E-state index contributed by atoms with van der Waals surface area (Å²) in [5, 5.41) is 6.92. The monoisotopic (exact) mass is 253 g/mol. The van der Waals surface area contributed by atoms with Gasteiger partial charge in [-0.2, -0.15) is 0 Å². The zero-order valence-corrected chi connectivity index (χ0v) is 12.0. The minimum Gasteiger partial charge on any atom is -0.309 e. The second-order valence-electron chi connectivity index (χ2n) is 5.81. The predicted molar refractivity (Wildman–Crippen MR) is 73.6 cm³/mol. The number of aromatic nitrogens is 1. The first kappa shape index (κ1) is 13.0. The molecule has 0 aromatic carbocycles. The lowest BCUT2D eigenvalue weighted by Gasteiger charge is -2.44. The average molecular weight is 253 g/mol. The third-order valence-electron chi connectivity index (χ3n) is 3.48. The second kappa shape index (κ2) is 5.04. The molecule has 1 aromatic heterocycles. The molecule has 1 aliphatic heterocycles. The standard InChI is InChI=1S/C13H23N3S/c1-10(12-14-5-6-17-12)8-16-9-13(3,4)15-7-11(16)2/h5-6,10-11,15H,7-9H2,1-4H3. The molecule has 96 valence electrons. The van der Waals surface area contributed by atoms with Gasteiger partial charge in [-0.1, -0.05) is 6.92 Å². The number of nitrogens with zero attached hydrogens (tertiary/aromatic N) is 2. The van der Waals surface area contributed by atoms with Gasteiger partial charge >= 0.3 is 0 Å². The van der Waals surface area contributed by atoms with Gasteiger partial charge in [0.05, 0.1) is 5.01 Å². The lowest BCUT2D eigenvalue weighted by molar-refractivity contribution is 0.0996. The summed E-state index contributed by atoms with van der Waals surface area (Å²) in [5.74, 6) is 0.534. The quantitative estimate of drug-likeness (QED) is 0.896. The Hall–Kier alpha value is -0.450. The van der Waals surface area contributed by atoms with E-state index in [1.54, 1.807) is 11.3 Å². The van der Waals surface area contributed by atoms with E-state index in [9.17, 15) is 0 Å². The summed E-state index contributed by atoms with van der Waals surface area (Å²) in [7, 11) is 0. The van der Waals surface area contributed by atoms with E-state index in [-0.39, 0.29) is 5.54 Å². The zero-order chi connectivity index (χ0) is 12.5. The van der Waals surface area contributed by atoms with Crippen LogP contribution in [0.3, 0.4) is 0 Å². The highest BCUT2D eigenvalue weighted by Crippen LogP contribution is 2.22. The first-order valence-corrected chi connectivity index (χ1v) is 7.24. The van der Waals surface area contributed by atoms with Crippen molar-refractivity contribution in [2.45, 2.75) is 45.2 Å². The van der Waals surface area contributed by atoms with Crippen molar-refractivity contribution < 1.29 is 0 Å². The predicted octanol–water partition coefficient (Wildman–Crippen LogP) is 2.32. The summed E-state index contributed by atoms with van der Waals surface area (Å²) in [6.45, 7) is 12.4. The molecule has 17 heavy (non-hydrogen) atoms. The highest BCUT2D eigenvalue weighted by molar-refractivity contribution is 7.09. The highest BCUT2D eigenvalue weighted by Gasteiger charge is 2.31. The van der Waals surface area contributed by atoms with Crippen LogP contribution in [0.4, 0.5) is 0 Å². The van der Waals surface area contributed by atoms with Gasteiger partial charge in [-0.25, -0.2) is 4.98 Å². The van der Waals surface area contributed by atoms with Crippen molar-refractivity contribution in [1.82, 2.24) is 15.2 Å². The molecule has 2 rings (SSSR count). The van der Waals surface area contributed by atoms with Gasteiger partial charge in [0.1, 0.15) is 0 Å². The smallest absolute Gasteiger partial charge is 0.0965 e. The number of hydrogen-bond acceptors (Lipinski definition) is 4. The fourth-order valence-corrected chi connectivity index (χ4v) is 3.11. The minimum atomic E-state index is 0.231. The van der Waals surface area contributed by atoms with Gasteiger partial charge in [0.2, 0.25) is 0 Å². The van der Waals surface area contributed by atoms with Gasteiger partial charge < -0.3 is 5.32 Å². The van der Waals surface area contributed by atoms with E-state index in [0.717, 1.165) is 19.6 Å². The summed E-state index contributed by atoms with van der Waals surface area (Å²) in [6.07, 6.45) is 1.90. The number of rotatable bonds is 3. The number of thiazole rings is 1. The molecule has 4 heteroatoms. The Morgan fingerprint density at radius 1 is 1.65 bits per heavy atom. The topological polar surface area (TPSA) is 28.2 Å². The van der Waals surface area contributed by atoms with Crippen molar-refractivity contribution in [3.63, 3.8) is 0 Å². The molecule has 2 heterocycles. The molecule has 3 nitrogen and oxygen atoms in total. The van der Waals surface area contributed by atoms with Gasteiger partial charge in [-0.05, 0) is 20.8 Å². The zero-order valence-electron chi connectivity index (χ0n) is 11.2. The summed E-state index contributed by atoms with van der Waals surface area (Å²) in [4.78, 5) is 7.01. The maximum absolute atomic E-state index is 4.42. The maximum atomic E-state index is 4.42. The van der Waals surface area contributed by atoms with Crippen molar-refractivity contribution in [2.24, 2.45) is 0 Å². The highest BCUT2D eigenvalue weighted by atomic mass is 32.1. The van der Waals surface area contributed by atoms with Crippen LogP contribution < -0.4 is 5.32 Å². The lowest BCUT2D eigenvalue weighted by atomic mass is 9.98. The van der Waals surface area contributed by atoms with Gasteiger partial charge in [0.15, 0.2) is 0 Å². The van der Waals surface area contributed by atoms with Crippen molar-refractivity contribution in [3.8, 4) is 0 Å². The van der Waals surface area contributed by atoms with Crippen LogP contribution in [-0.4, -0.2) is 41.1 Å². The Kier molecular flexibility index (Phi) is 3.85. The average Bonchev–Trinajstić information content (AvgIpc) is 2.76. The fraction of sp³-hybridized carbons (Fsp3) is 0.769. The maximum Gasteiger partial charge on any atom is 0.0965 e. The SMILES string of the molecule is CC(CN1CC(C)(C)NCC1C)c1nccs1. The molecule has 0 saturated carbocycles. The molecular formula is C13H23N3S. The Labute approximate surface area is 108 Å². The summed E-state index contributed by atoms with van der Waals surface area (Å²) in [5.41, 5.74) is 0.231. The van der Waals surface area contributed by atoms with Crippen molar-refractivity contribution >= 4 is 11.3 Å². The fourth-order valence-electron chi connectivity index (χ4n) is 2.42. The van der Waals surface area contributed by atoms with Crippen LogP contribution in [0.1, 0.15) is 38.6 Å². The van der Waals surface area contributed by atoms with Crippen molar-refractivity contribution in [1.29, 1.82) is 0 Å². The molecule has 1 aliphatic rings. The summed E-state index contributed by atoms with van der Waals surface area (Å²) >= 11 is 1.77. The van der Waals surface area contributed by atoms with Gasteiger partial charge in [0.25, 0.3) is 0 Å². The van der Waals surface area contributed by atoms with E-state index in [2.05, 4.69) is 48.3 Å². The van der Waals surface area contributed by atoms with E-state index in [0.29, 0.717) is 12.0 Å². The molecule has 1 aromatic rings. The second-order valence-corrected chi connectivity index (χ2v) is 6.74. The van der Waals surface area contributed by atoms with Crippen LogP contribution in [0.5, 0.6) is 0 Å².